The maximum absolute atomic E-state index is 5.77. The van der Waals surface area contributed by atoms with Crippen LogP contribution in [0.3, 0.4) is 0 Å². The van der Waals surface area contributed by atoms with Gasteiger partial charge in [0.25, 0.3) is 0 Å². The Morgan fingerprint density at radius 3 is 1.66 bits per heavy atom. The second kappa shape index (κ2) is 11.5. The normalized spacial score (nSPS) is 12.4. The Kier molecular flexibility index (Phi) is 6.14. The molecule has 4 heterocycles. The second-order valence-electron chi connectivity index (χ2n) is 15.6. The molecule has 4 nitrogen and oxygen atoms in total. The zero-order chi connectivity index (χ0) is 38.3. The number of aromatic nitrogens is 4. The van der Waals surface area contributed by atoms with Crippen molar-refractivity contribution in [2.24, 2.45) is 0 Å². The quantitative estimate of drug-likeness (QED) is 0.180. The molecule has 1 aliphatic carbocycles. The molecule has 0 radical (unpaired) electrons. The molecule has 0 unspecified atom stereocenters. The van der Waals surface area contributed by atoms with Crippen molar-refractivity contribution < 1.29 is 0 Å². The van der Waals surface area contributed by atoms with Gasteiger partial charge in [0.1, 0.15) is 4.83 Å². The average Bonchev–Trinajstić information content (AvgIpc) is 3.94. The predicted molar refractivity (Wildman–Crippen MR) is 248 cm³/mol. The van der Waals surface area contributed by atoms with Gasteiger partial charge in [-0.25, -0.2) is 9.97 Å². The SMILES string of the molecule is c1ccc(-n2c3cccc(-c4nc(-n5c6cccc7c6c6c(cccc65)-c5cccc6cccc-7c56)nc5sc6ccccc6c45)c3c3ccc4ccccc4c32)cc1. The van der Waals surface area contributed by atoms with Crippen LogP contribution in [0, 0.1) is 0 Å². The third-order valence-electron chi connectivity index (χ3n) is 12.7. The summed E-state index contributed by atoms with van der Waals surface area (Å²) in [5, 5.41) is 12.1. The van der Waals surface area contributed by atoms with E-state index in [0.29, 0.717) is 5.95 Å². The van der Waals surface area contributed by atoms with E-state index in [1.54, 1.807) is 11.3 Å². The van der Waals surface area contributed by atoms with Gasteiger partial charge in [0.15, 0.2) is 0 Å². The number of hydrogen-bond acceptors (Lipinski definition) is 3. The van der Waals surface area contributed by atoms with Gasteiger partial charge in [-0.2, -0.15) is 0 Å². The fraction of sp³-hybridized carbons (Fsp3) is 0. The number of para-hydroxylation sites is 1. The number of fused-ring (bicyclic) bond motifs is 10. The fourth-order valence-electron chi connectivity index (χ4n) is 10.3. The zero-order valence-electron chi connectivity index (χ0n) is 31.5. The van der Waals surface area contributed by atoms with Gasteiger partial charge >= 0.3 is 0 Å². The van der Waals surface area contributed by atoms with Gasteiger partial charge in [0.05, 0.1) is 27.8 Å². The van der Waals surface area contributed by atoms with Crippen LogP contribution in [0.25, 0.3) is 131 Å². The molecule has 14 rings (SSSR count). The second-order valence-corrected chi connectivity index (χ2v) is 16.7. The monoisotopic (exact) mass is 766 g/mol. The molecule has 59 heavy (non-hydrogen) atoms. The fourth-order valence-corrected chi connectivity index (χ4v) is 11.4. The zero-order valence-corrected chi connectivity index (χ0v) is 32.3. The Bertz CT molecular complexity index is 3870. The maximum Gasteiger partial charge on any atom is 0.236 e. The van der Waals surface area contributed by atoms with Crippen molar-refractivity contribution in [3.05, 3.63) is 182 Å². The highest BCUT2D eigenvalue weighted by Crippen LogP contribution is 2.50. The smallest absolute Gasteiger partial charge is 0.236 e. The summed E-state index contributed by atoms with van der Waals surface area (Å²) in [4.78, 5) is 12.3. The van der Waals surface area contributed by atoms with Crippen LogP contribution < -0.4 is 0 Å². The lowest BCUT2D eigenvalue weighted by molar-refractivity contribution is 1.02. The van der Waals surface area contributed by atoms with Crippen molar-refractivity contribution in [2.75, 3.05) is 0 Å². The molecule has 13 aromatic rings. The molecule has 0 aliphatic heterocycles. The molecule has 1 aliphatic rings. The molecular weight excluding hydrogens is 737 g/mol. The third kappa shape index (κ3) is 4.11. The molecule has 0 fully saturated rings. The number of thiophene rings is 1. The third-order valence-corrected chi connectivity index (χ3v) is 13.7. The minimum absolute atomic E-state index is 0.676. The van der Waals surface area contributed by atoms with E-state index in [0.717, 1.165) is 43.7 Å². The van der Waals surface area contributed by atoms with Crippen LogP contribution in [0.1, 0.15) is 0 Å². The first-order valence-corrected chi connectivity index (χ1v) is 20.9. The molecule has 0 N–H and O–H groups in total. The van der Waals surface area contributed by atoms with Crippen molar-refractivity contribution >= 4 is 96.8 Å². The standard InChI is InChI=1S/C54H30N4S/c1-2-16-33(17-3-1)57-42-25-12-24-40(47(42)41-30-29-31-13-4-5-18-34(31)52(41)57)51-50-39-19-6-7-28-45(39)59-53(50)56-54(55-51)58-43-26-10-22-37-35-20-8-14-32-15-9-21-36(46(32)35)38-23-11-27-44(58)49(38)48(37)43/h1-30H. The summed E-state index contributed by atoms with van der Waals surface area (Å²) >= 11 is 1.75. The topological polar surface area (TPSA) is 35.6 Å². The minimum atomic E-state index is 0.676. The molecule has 0 spiro atoms. The first kappa shape index (κ1) is 31.5. The Morgan fingerprint density at radius 2 is 0.932 bits per heavy atom. The Labute approximate surface area is 341 Å². The molecule has 0 bridgehead atoms. The van der Waals surface area contributed by atoms with Crippen molar-refractivity contribution in [3.8, 4) is 45.1 Å². The van der Waals surface area contributed by atoms with E-state index in [1.165, 1.54) is 80.9 Å². The number of rotatable bonds is 3. The molecule has 9 aromatic carbocycles. The van der Waals surface area contributed by atoms with Crippen molar-refractivity contribution in [1.29, 1.82) is 0 Å². The lowest BCUT2D eigenvalue weighted by Crippen LogP contribution is -2.03. The first-order valence-electron chi connectivity index (χ1n) is 20.1. The van der Waals surface area contributed by atoms with Crippen molar-refractivity contribution in [1.82, 2.24) is 19.1 Å². The molecule has 0 atom stereocenters. The number of nitrogens with zero attached hydrogens (tertiary/aromatic N) is 4. The van der Waals surface area contributed by atoms with Crippen molar-refractivity contribution in [3.63, 3.8) is 0 Å². The van der Waals surface area contributed by atoms with E-state index in [4.69, 9.17) is 9.97 Å². The Morgan fingerprint density at radius 1 is 0.356 bits per heavy atom. The summed E-state index contributed by atoms with van der Waals surface area (Å²) in [6.07, 6.45) is 0. The number of hydrogen-bond donors (Lipinski definition) is 0. The molecule has 272 valence electrons. The summed E-state index contributed by atoms with van der Waals surface area (Å²) in [6, 6.07) is 66.3. The predicted octanol–water partition coefficient (Wildman–Crippen LogP) is 14.7. The molecule has 4 aromatic heterocycles. The van der Waals surface area contributed by atoms with Gasteiger partial charge in [0, 0.05) is 53.7 Å². The van der Waals surface area contributed by atoms with Gasteiger partial charge in [-0.3, -0.25) is 4.57 Å². The van der Waals surface area contributed by atoms with Gasteiger partial charge in [0.2, 0.25) is 5.95 Å². The van der Waals surface area contributed by atoms with E-state index < -0.39 is 0 Å². The van der Waals surface area contributed by atoms with E-state index >= 15 is 0 Å². The largest absolute Gasteiger partial charge is 0.309 e. The van der Waals surface area contributed by atoms with Gasteiger partial charge in [-0.05, 0) is 74.8 Å². The summed E-state index contributed by atoms with van der Waals surface area (Å²) in [5.41, 5.74) is 12.7. The molecule has 0 saturated heterocycles. The van der Waals surface area contributed by atoms with E-state index in [9.17, 15) is 0 Å². The van der Waals surface area contributed by atoms with Gasteiger partial charge < -0.3 is 4.57 Å². The van der Waals surface area contributed by atoms with Crippen LogP contribution in [-0.4, -0.2) is 19.1 Å². The summed E-state index contributed by atoms with van der Waals surface area (Å²) in [5.74, 6) is 0.676. The van der Waals surface area contributed by atoms with Crippen LogP contribution >= 0.6 is 11.3 Å². The Balaban J connectivity index is 1.14. The molecule has 0 saturated carbocycles. The van der Waals surface area contributed by atoms with Gasteiger partial charge in [-0.1, -0.05) is 146 Å². The Hall–Kier alpha value is -7.60. The van der Waals surface area contributed by atoms with Crippen molar-refractivity contribution in [2.45, 2.75) is 0 Å². The number of benzene rings is 9. The van der Waals surface area contributed by atoms with Crippen LogP contribution in [0.15, 0.2) is 182 Å². The van der Waals surface area contributed by atoms with E-state index in [1.807, 2.05) is 0 Å². The molecule has 0 amide bonds. The van der Waals surface area contributed by atoms with Crippen LogP contribution in [0.5, 0.6) is 0 Å². The maximum atomic E-state index is 5.77. The average molecular weight is 767 g/mol. The van der Waals surface area contributed by atoms with E-state index in [-0.39, 0.29) is 0 Å². The van der Waals surface area contributed by atoms with Gasteiger partial charge in [-0.15, -0.1) is 11.3 Å². The van der Waals surface area contributed by atoms with E-state index in [2.05, 4.69) is 191 Å². The molecule has 5 heteroatoms. The highest BCUT2D eigenvalue weighted by Gasteiger charge is 2.27. The minimum Gasteiger partial charge on any atom is -0.309 e. The van der Waals surface area contributed by atoms with Crippen LogP contribution in [0.2, 0.25) is 0 Å². The molecular formula is C54H30N4S. The highest BCUT2D eigenvalue weighted by molar-refractivity contribution is 7.25. The van der Waals surface area contributed by atoms with Crippen LogP contribution in [-0.2, 0) is 0 Å². The summed E-state index contributed by atoms with van der Waals surface area (Å²) in [6.45, 7) is 0. The summed E-state index contributed by atoms with van der Waals surface area (Å²) in [7, 11) is 0. The summed E-state index contributed by atoms with van der Waals surface area (Å²) < 4.78 is 5.96. The lowest BCUT2D eigenvalue weighted by atomic mass is 9.93. The lowest BCUT2D eigenvalue weighted by Gasteiger charge is -2.14. The van der Waals surface area contributed by atoms with Crippen LogP contribution in [0.4, 0.5) is 0 Å². The first-order chi connectivity index (χ1) is 29.3. The highest BCUT2D eigenvalue weighted by atomic mass is 32.1.